The highest BCUT2D eigenvalue weighted by Gasteiger charge is 2.28. The Balaban J connectivity index is 1.72. The lowest BCUT2D eigenvalue weighted by molar-refractivity contribution is 0.0940. The summed E-state index contributed by atoms with van der Waals surface area (Å²) >= 11 is 6.16. The van der Waals surface area contributed by atoms with Crippen molar-refractivity contribution in [2.75, 3.05) is 16.6 Å². The molecule has 1 aliphatic heterocycles. The first-order chi connectivity index (χ1) is 11.9. The van der Waals surface area contributed by atoms with Crippen LogP contribution in [-0.4, -0.2) is 26.6 Å². The van der Waals surface area contributed by atoms with Gasteiger partial charge in [-0.3, -0.25) is 9.10 Å². The fourth-order valence-corrected chi connectivity index (χ4v) is 4.76. The zero-order valence-corrected chi connectivity index (χ0v) is 15.3. The van der Waals surface area contributed by atoms with Gasteiger partial charge in [-0.2, -0.15) is 0 Å². The number of hydrogen-bond acceptors (Lipinski definition) is 3. The molecule has 0 aromatic heterocycles. The molecule has 0 spiro atoms. The molecule has 0 aliphatic carbocycles. The van der Waals surface area contributed by atoms with Gasteiger partial charge in [0, 0.05) is 17.1 Å². The van der Waals surface area contributed by atoms with Gasteiger partial charge in [0.15, 0.2) is 0 Å². The van der Waals surface area contributed by atoms with E-state index < -0.39 is 10.0 Å². The van der Waals surface area contributed by atoms with E-state index in [9.17, 15) is 13.2 Å². The maximum absolute atomic E-state index is 12.4. The van der Waals surface area contributed by atoms with Gasteiger partial charge in [-0.15, -0.1) is 0 Å². The Kier molecular flexibility index (Phi) is 5.01. The smallest absolute Gasteiger partial charge is 0.251 e. The van der Waals surface area contributed by atoms with Crippen molar-refractivity contribution >= 4 is 33.2 Å². The van der Waals surface area contributed by atoms with Crippen molar-refractivity contribution in [2.24, 2.45) is 0 Å². The molecule has 2 aromatic carbocycles. The number of halogens is 1. The third-order valence-electron chi connectivity index (χ3n) is 4.24. The van der Waals surface area contributed by atoms with Gasteiger partial charge in [-0.05, 0) is 49.2 Å². The SMILES string of the molecule is CC(NC(=O)c1ccc(N2CCCS2(=O)=O)cc1)c1ccccc1Cl. The van der Waals surface area contributed by atoms with Crippen molar-refractivity contribution in [1.82, 2.24) is 5.32 Å². The molecule has 1 amide bonds. The molecule has 5 nitrogen and oxygen atoms in total. The van der Waals surface area contributed by atoms with E-state index in [4.69, 9.17) is 11.6 Å². The number of carbonyl (C=O) groups is 1. The van der Waals surface area contributed by atoms with Crippen LogP contribution >= 0.6 is 11.6 Å². The highest BCUT2D eigenvalue weighted by Crippen LogP contribution is 2.25. The molecule has 3 rings (SSSR count). The molecule has 1 N–H and O–H groups in total. The molecule has 1 saturated heterocycles. The molecule has 132 valence electrons. The summed E-state index contributed by atoms with van der Waals surface area (Å²) in [5, 5.41) is 3.51. The maximum Gasteiger partial charge on any atom is 0.251 e. The minimum atomic E-state index is -3.21. The summed E-state index contributed by atoms with van der Waals surface area (Å²) < 4.78 is 25.3. The van der Waals surface area contributed by atoms with Crippen LogP contribution in [0.1, 0.15) is 35.3 Å². The summed E-state index contributed by atoms with van der Waals surface area (Å²) in [4.78, 5) is 12.4. The fraction of sp³-hybridized carbons (Fsp3) is 0.278. The number of nitrogens with one attached hydrogen (secondary N) is 1. The highest BCUT2D eigenvalue weighted by molar-refractivity contribution is 7.93. The molecule has 7 heteroatoms. The van der Waals surface area contributed by atoms with Crippen LogP contribution in [0.15, 0.2) is 48.5 Å². The second kappa shape index (κ2) is 7.06. The maximum atomic E-state index is 12.4. The van der Waals surface area contributed by atoms with E-state index in [2.05, 4.69) is 5.32 Å². The minimum Gasteiger partial charge on any atom is -0.345 e. The first kappa shape index (κ1) is 17.8. The van der Waals surface area contributed by atoms with E-state index in [-0.39, 0.29) is 17.7 Å². The lowest BCUT2D eigenvalue weighted by Gasteiger charge is -2.18. The number of sulfonamides is 1. The lowest BCUT2D eigenvalue weighted by atomic mass is 10.1. The van der Waals surface area contributed by atoms with E-state index in [0.717, 1.165) is 5.56 Å². The van der Waals surface area contributed by atoms with Crippen LogP contribution in [0.3, 0.4) is 0 Å². The third kappa shape index (κ3) is 3.80. The second-order valence-electron chi connectivity index (χ2n) is 6.01. The van der Waals surface area contributed by atoms with Crippen LogP contribution in [0.2, 0.25) is 5.02 Å². The number of amides is 1. The molecule has 1 heterocycles. The Hall–Kier alpha value is -2.05. The quantitative estimate of drug-likeness (QED) is 0.886. The molecule has 1 fully saturated rings. The molecule has 25 heavy (non-hydrogen) atoms. The number of carbonyl (C=O) groups excluding carboxylic acids is 1. The molecule has 0 bridgehead atoms. The van der Waals surface area contributed by atoms with Crippen LogP contribution in [0.5, 0.6) is 0 Å². The molecule has 2 aromatic rings. The summed E-state index contributed by atoms with van der Waals surface area (Å²) in [5.74, 6) is -0.0619. The number of rotatable bonds is 4. The lowest BCUT2D eigenvalue weighted by Crippen LogP contribution is -2.27. The largest absolute Gasteiger partial charge is 0.345 e. The third-order valence-corrected chi connectivity index (χ3v) is 6.45. The van der Waals surface area contributed by atoms with Gasteiger partial charge in [0.05, 0.1) is 17.5 Å². The number of benzene rings is 2. The van der Waals surface area contributed by atoms with Crippen molar-refractivity contribution in [3.63, 3.8) is 0 Å². The average Bonchev–Trinajstić information content (AvgIpc) is 2.94. The van der Waals surface area contributed by atoms with Crippen molar-refractivity contribution < 1.29 is 13.2 Å². The summed E-state index contributed by atoms with van der Waals surface area (Å²) in [6.45, 7) is 2.35. The Morgan fingerprint density at radius 1 is 1.16 bits per heavy atom. The van der Waals surface area contributed by atoms with E-state index in [1.807, 2.05) is 25.1 Å². The summed E-state index contributed by atoms with van der Waals surface area (Å²) in [7, 11) is -3.21. The normalized spacial score (nSPS) is 17.3. The van der Waals surface area contributed by atoms with Gasteiger partial charge in [-0.25, -0.2) is 8.42 Å². The molecular formula is C18H19ClN2O3S. The van der Waals surface area contributed by atoms with Gasteiger partial charge in [-0.1, -0.05) is 29.8 Å². The Morgan fingerprint density at radius 3 is 2.44 bits per heavy atom. The van der Waals surface area contributed by atoms with E-state index in [0.29, 0.717) is 29.2 Å². The first-order valence-corrected chi connectivity index (χ1v) is 10.0. The van der Waals surface area contributed by atoms with Crippen LogP contribution in [-0.2, 0) is 10.0 Å². The average molecular weight is 379 g/mol. The minimum absolute atomic E-state index is 0.171. The van der Waals surface area contributed by atoms with Gasteiger partial charge in [0.25, 0.3) is 5.91 Å². The predicted octanol–water partition coefficient (Wildman–Crippen LogP) is 3.37. The van der Waals surface area contributed by atoms with Gasteiger partial charge >= 0.3 is 0 Å². The molecule has 1 unspecified atom stereocenters. The molecule has 0 radical (unpaired) electrons. The van der Waals surface area contributed by atoms with Crippen molar-refractivity contribution in [2.45, 2.75) is 19.4 Å². The van der Waals surface area contributed by atoms with Gasteiger partial charge in [0.2, 0.25) is 10.0 Å². The molecule has 1 aliphatic rings. The second-order valence-corrected chi connectivity index (χ2v) is 8.43. The zero-order valence-electron chi connectivity index (χ0n) is 13.8. The Labute approximate surface area is 152 Å². The highest BCUT2D eigenvalue weighted by atomic mass is 35.5. The Bertz CT molecular complexity index is 881. The van der Waals surface area contributed by atoms with Crippen LogP contribution in [0.25, 0.3) is 0 Å². The van der Waals surface area contributed by atoms with Crippen molar-refractivity contribution in [1.29, 1.82) is 0 Å². The van der Waals surface area contributed by atoms with Crippen LogP contribution in [0.4, 0.5) is 5.69 Å². The monoisotopic (exact) mass is 378 g/mol. The summed E-state index contributed by atoms with van der Waals surface area (Å²) in [6.07, 6.45) is 0.625. The number of hydrogen-bond donors (Lipinski definition) is 1. The topological polar surface area (TPSA) is 66.5 Å². The van der Waals surface area contributed by atoms with Crippen LogP contribution in [0, 0.1) is 0 Å². The summed E-state index contributed by atoms with van der Waals surface area (Å²) in [6, 6.07) is 13.7. The number of nitrogens with zero attached hydrogens (tertiary/aromatic N) is 1. The standard InChI is InChI=1S/C18H19ClN2O3S/c1-13(16-5-2-3-6-17(16)19)20-18(22)14-7-9-15(10-8-14)21-11-4-12-25(21,23)24/h2-3,5-10,13H,4,11-12H2,1H3,(H,20,22). The first-order valence-electron chi connectivity index (χ1n) is 8.04. The van der Waals surface area contributed by atoms with Gasteiger partial charge < -0.3 is 5.32 Å². The number of anilines is 1. The van der Waals surface area contributed by atoms with Crippen molar-refractivity contribution in [3.8, 4) is 0 Å². The van der Waals surface area contributed by atoms with E-state index >= 15 is 0 Å². The molecule has 1 atom stereocenters. The summed E-state index contributed by atoms with van der Waals surface area (Å²) in [5.41, 5.74) is 1.91. The zero-order chi connectivity index (χ0) is 18.0. The van der Waals surface area contributed by atoms with Gasteiger partial charge in [0.1, 0.15) is 0 Å². The fourth-order valence-electron chi connectivity index (χ4n) is 2.89. The van der Waals surface area contributed by atoms with E-state index in [1.54, 1.807) is 30.3 Å². The van der Waals surface area contributed by atoms with Crippen LogP contribution < -0.4 is 9.62 Å². The molecule has 0 saturated carbocycles. The molecular weight excluding hydrogens is 360 g/mol. The predicted molar refractivity (Wildman–Crippen MR) is 99.5 cm³/mol. The van der Waals surface area contributed by atoms with Crippen molar-refractivity contribution in [3.05, 3.63) is 64.7 Å². The van der Waals surface area contributed by atoms with E-state index in [1.165, 1.54) is 4.31 Å². The Morgan fingerprint density at radius 2 is 1.84 bits per heavy atom.